The molecule has 2 saturated heterocycles. The van der Waals surface area contributed by atoms with Crippen molar-refractivity contribution in [1.82, 2.24) is 9.80 Å². The summed E-state index contributed by atoms with van der Waals surface area (Å²) in [6.45, 7) is 5.82. The first-order valence-corrected chi connectivity index (χ1v) is 8.69. The lowest BCUT2D eigenvalue weighted by atomic mass is 9.61. The third-order valence-electron chi connectivity index (χ3n) is 5.67. The first-order chi connectivity index (χ1) is 10.1. The molecule has 1 saturated carbocycles. The molecule has 1 unspecified atom stereocenters. The molecule has 1 atom stereocenters. The Labute approximate surface area is 127 Å². The highest BCUT2D eigenvalue weighted by atomic mass is 16.2. The lowest BCUT2D eigenvalue weighted by molar-refractivity contribution is -0.190. The van der Waals surface area contributed by atoms with Crippen molar-refractivity contribution in [3.63, 3.8) is 0 Å². The van der Waals surface area contributed by atoms with Gasteiger partial charge in [0.2, 0.25) is 11.8 Å². The number of hydrogen-bond acceptors (Lipinski definition) is 2. The standard InChI is InChI=1S/C17H28N2O2/c1-13(2)19-14(15(20)18-11-7-4-8-12-18)17(16(19)21)9-5-3-6-10-17/h13-14H,3-12H2,1-2H3. The van der Waals surface area contributed by atoms with E-state index >= 15 is 0 Å². The average Bonchev–Trinajstić information content (AvgIpc) is 2.52. The van der Waals surface area contributed by atoms with E-state index < -0.39 is 0 Å². The van der Waals surface area contributed by atoms with E-state index in [1.807, 2.05) is 23.6 Å². The molecular weight excluding hydrogens is 264 g/mol. The topological polar surface area (TPSA) is 40.6 Å². The van der Waals surface area contributed by atoms with Gasteiger partial charge in [-0.1, -0.05) is 19.3 Å². The van der Waals surface area contributed by atoms with E-state index in [0.29, 0.717) is 0 Å². The van der Waals surface area contributed by atoms with Crippen LogP contribution in [0.2, 0.25) is 0 Å². The first kappa shape index (κ1) is 14.9. The van der Waals surface area contributed by atoms with E-state index in [9.17, 15) is 9.59 Å². The molecule has 0 aromatic heterocycles. The van der Waals surface area contributed by atoms with Crippen molar-refractivity contribution in [2.24, 2.45) is 5.41 Å². The summed E-state index contributed by atoms with van der Waals surface area (Å²) in [7, 11) is 0. The average molecular weight is 292 g/mol. The Morgan fingerprint density at radius 3 is 2.19 bits per heavy atom. The molecule has 1 aliphatic carbocycles. The summed E-state index contributed by atoms with van der Waals surface area (Å²) in [6.07, 6.45) is 8.69. The normalized spacial score (nSPS) is 28.9. The van der Waals surface area contributed by atoms with Crippen molar-refractivity contribution < 1.29 is 9.59 Å². The van der Waals surface area contributed by atoms with Crippen LogP contribution in [-0.2, 0) is 9.59 Å². The molecule has 3 aliphatic rings. The van der Waals surface area contributed by atoms with Crippen LogP contribution >= 0.6 is 0 Å². The van der Waals surface area contributed by atoms with Gasteiger partial charge in [-0.15, -0.1) is 0 Å². The van der Waals surface area contributed by atoms with Gasteiger partial charge in [-0.05, 0) is 46.0 Å². The molecule has 2 heterocycles. The van der Waals surface area contributed by atoms with Gasteiger partial charge in [-0.3, -0.25) is 9.59 Å². The van der Waals surface area contributed by atoms with Crippen molar-refractivity contribution >= 4 is 11.8 Å². The second-order valence-electron chi connectivity index (χ2n) is 7.31. The van der Waals surface area contributed by atoms with Crippen LogP contribution in [0.25, 0.3) is 0 Å². The number of amides is 2. The molecule has 0 N–H and O–H groups in total. The number of rotatable bonds is 2. The van der Waals surface area contributed by atoms with Gasteiger partial charge in [0.25, 0.3) is 0 Å². The van der Waals surface area contributed by atoms with Crippen molar-refractivity contribution in [3.8, 4) is 0 Å². The Hall–Kier alpha value is -1.06. The smallest absolute Gasteiger partial charge is 0.246 e. The number of likely N-dealkylation sites (tertiary alicyclic amines) is 2. The van der Waals surface area contributed by atoms with E-state index in [-0.39, 0.29) is 29.3 Å². The minimum Gasteiger partial charge on any atom is -0.341 e. The van der Waals surface area contributed by atoms with E-state index in [1.165, 1.54) is 12.8 Å². The molecule has 4 heteroatoms. The lowest BCUT2D eigenvalue weighted by Crippen LogP contribution is -2.75. The fourth-order valence-electron chi connectivity index (χ4n) is 4.54. The van der Waals surface area contributed by atoms with E-state index in [4.69, 9.17) is 0 Å². The molecule has 21 heavy (non-hydrogen) atoms. The Balaban J connectivity index is 1.83. The Kier molecular flexibility index (Phi) is 3.98. The molecule has 1 spiro atoms. The molecule has 0 aromatic carbocycles. The third kappa shape index (κ3) is 2.27. The van der Waals surface area contributed by atoms with Crippen LogP contribution in [0.5, 0.6) is 0 Å². The fourth-order valence-corrected chi connectivity index (χ4v) is 4.54. The molecule has 4 nitrogen and oxygen atoms in total. The highest BCUT2D eigenvalue weighted by molar-refractivity contribution is 6.02. The maximum atomic E-state index is 13.0. The Morgan fingerprint density at radius 1 is 1.05 bits per heavy atom. The highest BCUT2D eigenvalue weighted by Crippen LogP contribution is 2.51. The van der Waals surface area contributed by atoms with Gasteiger partial charge >= 0.3 is 0 Å². The molecule has 0 aromatic rings. The van der Waals surface area contributed by atoms with Crippen LogP contribution in [0.1, 0.15) is 65.2 Å². The molecule has 2 aliphatic heterocycles. The van der Waals surface area contributed by atoms with Gasteiger partial charge in [0, 0.05) is 19.1 Å². The van der Waals surface area contributed by atoms with Gasteiger partial charge in [-0.2, -0.15) is 0 Å². The Morgan fingerprint density at radius 2 is 1.62 bits per heavy atom. The summed E-state index contributed by atoms with van der Waals surface area (Å²) in [4.78, 5) is 29.7. The molecule has 118 valence electrons. The van der Waals surface area contributed by atoms with Crippen molar-refractivity contribution in [2.45, 2.75) is 77.3 Å². The minimum absolute atomic E-state index is 0.129. The second-order valence-corrected chi connectivity index (χ2v) is 7.31. The zero-order valence-corrected chi connectivity index (χ0v) is 13.4. The molecule has 3 rings (SSSR count). The van der Waals surface area contributed by atoms with E-state index in [2.05, 4.69) is 0 Å². The monoisotopic (exact) mass is 292 g/mol. The number of carbonyl (C=O) groups is 2. The quantitative estimate of drug-likeness (QED) is 0.734. The van der Waals surface area contributed by atoms with Crippen LogP contribution < -0.4 is 0 Å². The number of piperidine rings is 1. The predicted octanol–water partition coefficient (Wildman–Crippen LogP) is 2.57. The zero-order valence-electron chi connectivity index (χ0n) is 13.4. The van der Waals surface area contributed by atoms with Crippen LogP contribution in [0.4, 0.5) is 0 Å². The van der Waals surface area contributed by atoms with Crippen LogP contribution in [0.15, 0.2) is 0 Å². The SMILES string of the molecule is CC(C)N1C(=O)C2(CCCCC2)C1C(=O)N1CCCCC1. The number of carbonyl (C=O) groups excluding carboxylic acids is 2. The maximum absolute atomic E-state index is 13.0. The summed E-state index contributed by atoms with van der Waals surface area (Å²) >= 11 is 0. The lowest BCUT2D eigenvalue weighted by Gasteiger charge is -2.59. The molecule has 0 bridgehead atoms. The fraction of sp³-hybridized carbons (Fsp3) is 0.882. The molecule has 0 radical (unpaired) electrons. The number of nitrogens with zero attached hydrogens (tertiary/aromatic N) is 2. The summed E-state index contributed by atoms with van der Waals surface area (Å²) in [5.74, 6) is 0.470. The summed E-state index contributed by atoms with van der Waals surface area (Å²) < 4.78 is 0. The third-order valence-corrected chi connectivity index (χ3v) is 5.67. The van der Waals surface area contributed by atoms with Gasteiger partial charge < -0.3 is 9.80 Å². The second kappa shape index (κ2) is 5.62. The van der Waals surface area contributed by atoms with Crippen LogP contribution in [-0.4, -0.2) is 46.8 Å². The van der Waals surface area contributed by atoms with Crippen molar-refractivity contribution in [1.29, 1.82) is 0 Å². The summed E-state index contributed by atoms with van der Waals surface area (Å²) in [5, 5.41) is 0. The van der Waals surface area contributed by atoms with Gasteiger partial charge in [0.05, 0.1) is 5.41 Å². The minimum atomic E-state index is -0.350. The van der Waals surface area contributed by atoms with Crippen molar-refractivity contribution in [2.75, 3.05) is 13.1 Å². The van der Waals surface area contributed by atoms with Gasteiger partial charge in [0.15, 0.2) is 0 Å². The predicted molar refractivity (Wildman–Crippen MR) is 81.7 cm³/mol. The largest absolute Gasteiger partial charge is 0.341 e. The molecular formula is C17H28N2O2. The molecule has 3 fully saturated rings. The summed E-state index contributed by atoms with van der Waals surface area (Å²) in [5.41, 5.74) is -0.350. The maximum Gasteiger partial charge on any atom is 0.246 e. The van der Waals surface area contributed by atoms with Crippen LogP contribution in [0.3, 0.4) is 0 Å². The number of β-lactam (4-membered cyclic amide) rings is 1. The van der Waals surface area contributed by atoms with E-state index in [0.717, 1.165) is 51.6 Å². The van der Waals surface area contributed by atoms with Gasteiger partial charge in [-0.25, -0.2) is 0 Å². The van der Waals surface area contributed by atoms with Crippen LogP contribution in [0, 0.1) is 5.41 Å². The Bertz CT molecular complexity index is 421. The van der Waals surface area contributed by atoms with E-state index in [1.54, 1.807) is 0 Å². The number of hydrogen-bond donors (Lipinski definition) is 0. The highest BCUT2D eigenvalue weighted by Gasteiger charge is 2.64. The first-order valence-electron chi connectivity index (χ1n) is 8.69. The van der Waals surface area contributed by atoms with Gasteiger partial charge in [0.1, 0.15) is 6.04 Å². The summed E-state index contributed by atoms with van der Waals surface area (Å²) in [6, 6.07) is -0.0489. The van der Waals surface area contributed by atoms with Crippen molar-refractivity contribution in [3.05, 3.63) is 0 Å². The zero-order chi connectivity index (χ0) is 15.0. The molecule has 2 amide bonds.